The molecule has 3 nitrogen and oxygen atoms in total. The largest absolute Gasteiger partial charge is 0.508 e. The van der Waals surface area contributed by atoms with Crippen LogP contribution >= 0.6 is 15.9 Å². The van der Waals surface area contributed by atoms with Gasteiger partial charge in [0.1, 0.15) is 16.2 Å². The molecule has 0 bridgehead atoms. The highest BCUT2D eigenvalue weighted by atomic mass is 79.9. The Bertz CT molecular complexity index is 496. The smallest absolute Gasteiger partial charge is 0.127 e. The number of hydrogen-bond donors (Lipinski definition) is 2. The van der Waals surface area contributed by atoms with Crippen LogP contribution in [-0.4, -0.2) is 10.1 Å². The van der Waals surface area contributed by atoms with Gasteiger partial charge >= 0.3 is 0 Å². The van der Waals surface area contributed by atoms with E-state index in [1.807, 2.05) is 12.1 Å². The summed E-state index contributed by atoms with van der Waals surface area (Å²) in [6.45, 7) is 0.425. The van der Waals surface area contributed by atoms with Crippen LogP contribution in [0.1, 0.15) is 5.56 Å². The van der Waals surface area contributed by atoms with Crippen molar-refractivity contribution in [2.75, 3.05) is 5.32 Å². The number of phenols is 1. The maximum absolute atomic E-state index is 13.0. The first kappa shape index (κ1) is 11.9. The van der Waals surface area contributed by atoms with Crippen LogP contribution < -0.4 is 5.32 Å². The molecular formula is C12H10BrFN2O. The summed E-state index contributed by atoms with van der Waals surface area (Å²) in [4.78, 5) is 4.06. The molecule has 0 spiro atoms. The zero-order valence-corrected chi connectivity index (χ0v) is 10.4. The van der Waals surface area contributed by atoms with Crippen molar-refractivity contribution >= 4 is 21.6 Å². The molecule has 0 radical (unpaired) electrons. The van der Waals surface area contributed by atoms with E-state index in [1.54, 1.807) is 6.20 Å². The van der Waals surface area contributed by atoms with Crippen LogP contribution in [0.4, 0.5) is 10.1 Å². The Hall–Kier alpha value is -1.62. The highest BCUT2D eigenvalue weighted by Crippen LogP contribution is 2.16. The molecule has 0 aliphatic rings. The number of aromatic nitrogens is 1. The van der Waals surface area contributed by atoms with Gasteiger partial charge in [0.2, 0.25) is 0 Å². The summed E-state index contributed by atoms with van der Waals surface area (Å²) in [5.74, 6) is -0.522. The highest BCUT2D eigenvalue weighted by molar-refractivity contribution is 9.10. The second kappa shape index (κ2) is 5.14. The molecule has 1 aromatic heterocycles. The summed E-state index contributed by atoms with van der Waals surface area (Å²) in [6, 6.07) is 7.63. The average Bonchev–Trinajstić information content (AvgIpc) is 2.27. The average molecular weight is 297 g/mol. The molecule has 1 aromatic carbocycles. The van der Waals surface area contributed by atoms with Crippen molar-refractivity contribution in [3.63, 3.8) is 0 Å². The molecule has 2 N–H and O–H groups in total. The fraction of sp³-hybridized carbons (Fsp3) is 0.0833. The van der Waals surface area contributed by atoms with Crippen LogP contribution in [0.3, 0.4) is 0 Å². The second-order valence-corrected chi connectivity index (χ2v) is 4.35. The van der Waals surface area contributed by atoms with Crippen LogP contribution in [0, 0.1) is 5.82 Å². The first-order chi connectivity index (χ1) is 8.13. The lowest BCUT2D eigenvalue weighted by Crippen LogP contribution is -2.00. The lowest BCUT2D eigenvalue weighted by atomic mass is 10.2. The van der Waals surface area contributed by atoms with E-state index in [-0.39, 0.29) is 5.75 Å². The third-order valence-electron chi connectivity index (χ3n) is 2.17. The van der Waals surface area contributed by atoms with Crippen LogP contribution in [0.5, 0.6) is 5.75 Å². The van der Waals surface area contributed by atoms with Gasteiger partial charge in [-0.25, -0.2) is 9.37 Å². The highest BCUT2D eigenvalue weighted by Gasteiger charge is 2.00. The van der Waals surface area contributed by atoms with Crippen molar-refractivity contribution in [3.05, 3.63) is 52.5 Å². The van der Waals surface area contributed by atoms with E-state index >= 15 is 0 Å². The Kier molecular flexibility index (Phi) is 3.58. The van der Waals surface area contributed by atoms with Gasteiger partial charge < -0.3 is 10.4 Å². The monoisotopic (exact) mass is 296 g/mol. The maximum Gasteiger partial charge on any atom is 0.127 e. The van der Waals surface area contributed by atoms with E-state index in [2.05, 4.69) is 26.2 Å². The summed E-state index contributed by atoms with van der Waals surface area (Å²) >= 11 is 3.24. The van der Waals surface area contributed by atoms with Gasteiger partial charge in [0, 0.05) is 12.6 Å². The van der Waals surface area contributed by atoms with Crippen LogP contribution in [0.2, 0.25) is 0 Å². The van der Waals surface area contributed by atoms with Crippen molar-refractivity contribution in [1.82, 2.24) is 4.98 Å². The number of anilines is 1. The number of phenolic OH excluding ortho intramolecular Hbond substituents is 1. The Morgan fingerprint density at radius 3 is 2.76 bits per heavy atom. The van der Waals surface area contributed by atoms with E-state index in [0.29, 0.717) is 12.1 Å². The van der Waals surface area contributed by atoms with Crippen molar-refractivity contribution in [2.45, 2.75) is 6.54 Å². The van der Waals surface area contributed by atoms with E-state index in [0.717, 1.165) is 16.4 Å². The number of hydrogen-bond acceptors (Lipinski definition) is 3. The predicted octanol–water partition coefficient (Wildman–Crippen LogP) is 3.30. The summed E-state index contributed by atoms with van der Waals surface area (Å²) < 4.78 is 13.8. The molecule has 17 heavy (non-hydrogen) atoms. The first-order valence-corrected chi connectivity index (χ1v) is 5.76. The number of nitrogens with one attached hydrogen (secondary N) is 1. The van der Waals surface area contributed by atoms with Gasteiger partial charge in [0.15, 0.2) is 0 Å². The van der Waals surface area contributed by atoms with Gasteiger partial charge in [0.05, 0.1) is 11.9 Å². The van der Waals surface area contributed by atoms with E-state index < -0.39 is 5.82 Å². The molecule has 0 amide bonds. The zero-order chi connectivity index (χ0) is 12.3. The summed E-state index contributed by atoms with van der Waals surface area (Å²) in [5.41, 5.74) is 1.50. The van der Waals surface area contributed by atoms with Gasteiger partial charge in [-0.3, -0.25) is 0 Å². The molecule has 0 saturated carbocycles. The van der Waals surface area contributed by atoms with Crippen molar-refractivity contribution in [1.29, 1.82) is 0 Å². The minimum atomic E-state index is -0.448. The number of nitrogens with zero attached hydrogens (tertiary/aromatic N) is 1. The molecule has 0 unspecified atom stereocenters. The molecule has 0 aliphatic heterocycles. The van der Waals surface area contributed by atoms with Gasteiger partial charge in [-0.1, -0.05) is 0 Å². The summed E-state index contributed by atoms with van der Waals surface area (Å²) in [7, 11) is 0. The lowest BCUT2D eigenvalue weighted by Gasteiger charge is -2.06. The number of rotatable bonds is 3. The molecule has 1 heterocycles. The normalized spacial score (nSPS) is 10.2. The number of halogens is 2. The fourth-order valence-corrected chi connectivity index (χ4v) is 1.65. The molecule has 0 aliphatic carbocycles. The Morgan fingerprint density at radius 2 is 2.12 bits per heavy atom. The topological polar surface area (TPSA) is 45.1 Å². The Balaban J connectivity index is 2.04. The molecule has 0 fully saturated rings. The van der Waals surface area contributed by atoms with Crippen LogP contribution in [0.25, 0.3) is 0 Å². The molecular weight excluding hydrogens is 287 g/mol. The van der Waals surface area contributed by atoms with Crippen molar-refractivity contribution in [2.24, 2.45) is 0 Å². The van der Waals surface area contributed by atoms with E-state index in [4.69, 9.17) is 0 Å². The molecule has 2 rings (SSSR count). The minimum Gasteiger partial charge on any atom is -0.508 e. The molecule has 88 valence electrons. The summed E-state index contributed by atoms with van der Waals surface area (Å²) in [5, 5.41) is 12.3. The Morgan fingerprint density at radius 1 is 1.29 bits per heavy atom. The molecule has 5 heteroatoms. The maximum atomic E-state index is 13.0. The van der Waals surface area contributed by atoms with Crippen molar-refractivity contribution < 1.29 is 9.50 Å². The second-order valence-electron chi connectivity index (χ2n) is 3.54. The van der Waals surface area contributed by atoms with E-state index in [9.17, 15) is 9.50 Å². The van der Waals surface area contributed by atoms with Crippen molar-refractivity contribution in [3.8, 4) is 5.75 Å². The lowest BCUT2D eigenvalue weighted by molar-refractivity contribution is 0.468. The zero-order valence-electron chi connectivity index (χ0n) is 8.82. The van der Waals surface area contributed by atoms with Gasteiger partial charge in [-0.2, -0.15) is 0 Å². The minimum absolute atomic E-state index is 0.0734. The first-order valence-electron chi connectivity index (χ1n) is 4.97. The number of benzene rings is 1. The Labute approximate surface area is 106 Å². The fourth-order valence-electron chi connectivity index (χ4n) is 1.42. The third-order valence-corrected chi connectivity index (χ3v) is 2.64. The predicted molar refractivity (Wildman–Crippen MR) is 67.3 cm³/mol. The van der Waals surface area contributed by atoms with Gasteiger partial charge in [-0.15, -0.1) is 0 Å². The molecule has 0 atom stereocenters. The standard InChI is InChI=1S/C12H10BrFN2O/c13-12-2-1-10(7-16-12)15-6-8-3-9(14)5-11(17)4-8/h1-5,7,15,17H,6H2. The number of pyridine rings is 1. The van der Waals surface area contributed by atoms with E-state index in [1.165, 1.54) is 12.1 Å². The summed E-state index contributed by atoms with van der Waals surface area (Å²) in [6.07, 6.45) is 1.67. The third kappa shape index (κ3) is 3.42. The van der Waals surface area contributed by atoms with Crippen LogP contribution in [0.15, 0.2) is 41.1 Å². The molecule has 0 saturated heterocycles. The quantitative estimate of drug-likeness (QED) is 0.854. The number of aromatic hydroxyl groups is 1. The van der Waals surface area contributed by atoms with Gasteiger partial charge in [-0.05, 0) is 45.8 Å². The SMILES string of the molecule is Oc1cc(F)cc(CNc2ccc(Br)nc2)c1. The van der Waals surface area contributed by atoms with Gasteiger partial charge in [0.25, 0.3) is 0 Å². The molecule has 2 aromatic rings. The van der Waals surface area contributed by atoms with Crippen LogP contribution in [-0.2, 0) is 6.54 Å².